The van der Waals surface area contributed by atoms with E-state index < -0.39 is 0 Å². The summed E-state index contributed by atoms with van der Waals surface area (Å²) in [6, 6.07) is 16.0. The van der Waals surface area contributed by atoms with Crippen molar-refractivity contribution in [3.05, 3.63) is 83.2 Å². The molecule has 0 saturated heterocycles. The van der Waals surface area contributed by atoms with Crippen LogP contribution in [0.5, 0.6) is 0 Å². The molecule has 25 heavy (non-hydrogen) atoms. The lowest BCUT2D eigenvalue weighted by Crippen LogP contribution is -2.23. The van der Waals surface area contributed by atoms with Crippen molar-refractivity contribution in [3.63, 3.8) is 0 Å². The van der Waals surface area contributed by atoms with E-state index in [1.807, 2.05) is 62.4 Å². The highest BCUT2D eigenvalue weighted by atomic mass is 16.1. The lowest BCUT2D eigenvalue weighted by atomic mass is 10.1. The van der Waals surface area contributed by atoms with Gasteiger partial charge in [0.15, 0.2) is 0 Å². The fraction of sp³-hybridized carbons (Fsp3) is 0.150. The summed E-state index contributed by atoms with van der Waals surface area (Å²) in [7, 11) is 0. The maximum Gasteiger partial charge on any atom is 0.254 e. The van der Waals surface area contributed by atoms with Crippen LogP contribution in [0.2, 0.25) is 0 Å². The standard InChI is InChI=1S/C20H20N4O/c1-14-3-7-16(8-4-14)11-21-19(25)17-12-22-20(23-13-17)24-18-9-5-15(2)6-10-18/h3-10,12-13H,11H2,1-2H3,(H,21,25)(H,22,23,24). The van der Waals surface area contributed by atoms with Crippen LogP contribution in [0.4, 0.5) is 11.6 Å². The van der Waals surface area contributed by atoms with E-state index >= 15 is 0 Å². The van der Waals surface area contributed by atoms with Gasteiger partial charge in [-0.05, 0) is 31.5 Å². The molecule has 2 aromatic carbocycles. The Morgan fingerprint density at radius 1 is 0.880 bits per heavy atom. The largest absolute Gasteiger partial charge is 0.348 e. The molecule has 1 aromatic heterocycles. The van der Waals surface area contributed by atoms with Gasteiger partial charge in [-0.15, -0.1) is 0 Å². The number of nitrogens with one attached hydrogen (secondary N) is 2. The third-order valence-corrected chi connectivity index (χ3v) is 3.80. The van der Waals surface area contributed by atoms with Gasteiger partial charge in [0, 0.05) is 24.6 Å². The van der Waals surface area contributed by atoms with Gasteiger partial charge in [0.25, 0.3) is 5.91 Å². The second-order valence-corrected chi connectivity index (χ2v) is 5.95. The first-order valence-corrected chi connectivity index (χ1v) is 8.09. The fourth-order valence-corrected chi connectivity index (χ4v) is 2.27. The number of rotatable bonds is 5. The van der Waals surface area contributed by atoms with Crippen LogP contribution in [-0.2, 0) is 6.54 Å². The first kappa shape index (κ1) is 16.6. The second kappa shape index (κ2) is 7.57. The Labute approximate surface area is 147 Å². The van der Waals surface area contributed by atoms with Crippen LogP contribution in [-0.4, -0.2) is 15.9 Å². The zero-order valence-electron chi connectivity index (χ0n) is 14.3. The number of aromatic nitrogens is 2. The van der Waals surface area contributed by atoms with Crippen LogP contribution in [0, 0.1) is 13.8 Å². The van der Waals surface area contributed by atoms with E-state index in [4.69, 9.17) is 0 Å². The summed E-state index contributed by atoms with van der Waals surface area (Å²) in [4.78, 5) is 20.6. The topological polar surface area (TPSA) is 66.9 Å². The van der Waals surface area contributed by atoms with Crippen molar-refractivity contribution in [1.29, 1.82) is 0 Å². The van der Waals surface area contributed by atoms with E-state index in [2.05, 4.69) is 20.6 Å². The number of amides is 1. The maximum absolute atomic E-state index is 12.2. The molecule has 0 spiro atoms. The summed E-state index contributed by atoms with van der Waals surface area (Å²) in [5, 5.41) is 5.98. The number of hydrogen-bond donors (Lipinski definition) is 2. The third kappa shape index (κ3) is 4.64. The quantitative estimate of drug-likeness (QED) is 0.746. The van der Waals surface area contributed by atoms with E-state index in [0.717, 1.165) is 11.3 Å². The van der Waals surface area contributed by atoms with Gasteiger partial charge in [0.2, 0.25) is 5.95 Å². The molecule has 5 nitrogen and oxygen atoms in total. The number of aryl methyl sites for hydroxylation is 2. The van der Waals surface area contributed by atoms with Crippen molar-refractivity contribution in [2.45, 2.75) is 20.4 Å². The van der Waals surface area contributed by atoms with Crippen LogP contribution < -0.4 is 10.6 Å². The minimum absolute atomic E-state index is 0.192. The molecule has 0 aliphatic heterocycles. The molecule has 0 atom stereocenters. The third-order valence-electron chi connectivity index (χ3n) is 3.80. The Kier molecular flexibility index (Phi) is 5.04. The van der Waals surface area contributed by atoms with E-state index in [9.17, 15) is 4.79 Å². The molecule has 0 aliphatic carbocycles. The molecule has 0 aliphatic rings. The van der Waals surface area contributed by atoms with Crippen molar-refractivity contribution >= 4 is 17.5 Å². The molecule has 3 aromatic rings. The molecule has 1 heterocycles. The molecule has 2 N–H and O–H groups in total. The Hall–Kier alpha value is -3.21. The number of carbonyl (C=O) groups is 1. The van der Waals surface area contributed by atoms with Crippen molar-refractivity contribution in [2.24, 2.45) is 0 Å². The van der Waals surface area contributed by atoms with Crippen LogP contribution in [0.3, 0.4) is 0 Å². The van der Waals surface area contributed by atoms with Gasteiger partial charge in [0.05, 0.1) is 5.56 Å². The molecule has 0 saturated carbocycles. The average molecular weight is 332 g/mol. The first-order valence-electron chi connectivity index (χ1n) is 8.09. The highest BCUT2D eigenvalue weighted by molar-refractivity contribution is 5.93. The van der Waals surface area contributed by atoms with E-state index in [1.165, 1.54) is 23.5 Å². The zero-order valence-corrected chi connectivity index (χ0v) is 14.3. The Bertz CT molecular complexity index is 840. The second-order valence-electron chi connectivity index (χ2n) is 5.95. The molecular formula is C20H20N4O. The van der Waals surface area contributed by atoms with Crippen LogP contribution in [0.25, 0.3) is 0 Å². The van der Waals surface area contributed by atoms with Crippen LogP contribution >= 0.6 is 0 Å². The summed E-state index contributed by atoms with van der Waals surface area (Å²) in [5.41, 5.74) is 4.77. The van der Waals surface area contributed by atoms with E-state index in [1.54, 1.807) is 0 Å². The van der Waals surface area contributed by atoms with E-state index in [0.29, 0.717) is 18.1 Å². The number of hydrogen-bond acceptors (Lipinski definition) is 4. The zero-order chi connectivity index (χ0) is 17.6. The normalized spacial score (nSPS) is 10.3. The van der Waals surface area contributed by atoms with Crippen LogP contribution in [0.15, 0.2) is 60.9 Å². The van der Waals surface area contributed by atoms with Crippen molar-refractivity contribution < 1.29 is 4.79 Å². The van der Waals surface area contributed by atoms with Crippen molar-refractivity contribution in [3.8, 4) is 0 Å². The Morgan fingerprint density at radius 2 is 1.44 bits per heavy atom. The predicted octanol–water partition coefficient (Wildman–Crippen LogP) is 3.77. The lowest BCUT2D eigenvalue weighted by molar-refractivity contribution is 0.0950. The first-order chi connectivity index (χ1) is 12.1. The molecule has 0 fully saturated rings. The molecule has 0 radical (unpaired) electrons. The highest BCUT2D eigenvalue weighted by Gasteiger charge is 2.07. The highest BCUT2D eigenvalue weighted by Crippen LogP contribution is 2.13. The average Bonchev–Trinajstić information content (AvgIpc) is 2.63. The molecular weight excluding hydrogens is 312 g/mol. The van der Waals surface area contributed by atoms with Gasteiger partial charge >= 0.3 is 0 Å². The fourth-order valence-electron chi connectivity index (χ4n) is 2.27. The molecule has 1 amide bonds. The Balaban J connectivity index is 1.58. The number of benzene rings is 2. The van der Waals surface area contributed by atoms with Crippen molar-refractivity contribution in [2.75, 3.05) is 5.32 Å². The van der Waals surface area contributed by atoms with Gasteiger partial charge in [-0.25, -0.2) is 9.97 Å². The molecule has 5 heteroatoms. The SMILES string of the molecule is Cc1ccc(CNC(=O)c2cnc(Nc3ccc(C)cc3)nc2)cc1. The molecule has 0 bridgehead atoms. The monoisotopic (exact) mass is 332 g/mol. The molecule has 0 unspecified atom stereocenters. The minimum Gasteiger partial charge on any atom is -0.348 e. The summed E-state index contributed by atoms with van der Waals surface area (Å²) in [5.74, 6) is 0.265. The lowest BCUT2D eigenvalue weighted by Gasteiger charge is -2.07. The number of anilines is 2. The Morgan fingerprint density at radius 3 is 2.04 bits per heavy atom. The van der Waals surface area contributed by atoms with Crippen molar-refractivity contribution in [1.82, 2.24) is 15.3 Å². The minimum atomic E-state index is -0.192. The predicted molar refractivity (Wildman–Crippen MR) is 98.8 cm³/mol. The van der Waals surface area contributed by atoms with Gasteiger partial charge in [0.1, 0.15) is 0 Å². The van der Waals surface area contributed by atoms with Gasteiger partial charge in [-0.3, -0.25) is 4.79 Å². The molecule has 3 rings (SSSR count). The summed E-state index contributed by atoms with van der Waals surface area (Å²) < 4.78 is 0. The van der Waals surface area contributed by atoms with Gasteiger partial charge in [-0.2, -0.15) is 0 Å². The summed E-state index contributed by atoms with van der Waals surface area (Å²) in [6.45, 7) is 4.54. The number of nitrogens with zero attached hydrogens (tertiary/aromatic N) is 2. The summed E-state index contributed by atoms with van der Waals surface area (Å²) >= 11 is 0. The van der Waals surface area contributed by atoms with Gasteiger partial charge in [-0.1, -0.05) is 47.5 Å². The van der Waals surface area contributed by atoms with Gasteiger partial charge < -0.3 is 10.6 Å². The maximum atomic E-state index is 12.2. The van der Waals surface area contributed by atoms with Crippen LogP contribution in [0.1, 0.15) is 27.0 Å². The smallest absolute Gasteiger partial charge is 0.254 e. The van der Waals surface area contributed by atoms with E-state index in [-0.39, 0.29) is 5.91 Å². The number of carbonyl (C=O) groups excluding carboxylic acids is 1. The summed E-state index contributed by atoms with van der Waals surface area (Å²) in [6.07, 6.45) is 3.04. The molecule has 126 valence electrons.